The smallest absolute Gasteiger partial charge is 0.322 e. The van der Waals surface area contributed by atoms with Crippen molar-refractivity contribution in [3.05, 3.63) is 108 Å². The fraction of sp³-hybridized carbons (Fsp3) is 0.344. The summed E-state index contributed by atoms with van der Waals surface area (Å²) in [5.41, 5.74) is 2.94. The van der Waals surface area contributed by atoms with Crippen LogP contribution in [0, 0.1) is 0 Å². The largest absolute Gasteiger partial charge is 0.480 e. The van der Waals surface area contributed by atoms with Crippen molar-refractivity contribution in [1.82, 2.24) is 20.9 Å². The van der Waals surface area contributed by atoms with E-state index >= 15 is 0 Å². The first-order valence-corrected chi connectivity index (χ1v) is 14.7. The first-order valence-electron chi connectivity index (χ1n) is 13.8. The maximum absolute atomic E-state index is 14.3. The Labute approximate surface area is 245 Å². The van der Waals surface area contributed by atoms with Gasteiger partial charge < -0.3 is 20.6 Å². The van der Waals surface area contributed by atoms with Crippen molar-refractivity contribution in [1.29, 1.82) is 0 Å². The zero-order valence-corrected chi connectivity index (χ0v) is 24.3. The van der Waals surface area contributed by atoms with Gasteiger partial charge in [0.1, 0.15) is 12.1 Å². The lowest BCUT2D eigenvalue weighted by Gasteiger charge is -2.31. The third kappa shape index (κ3) is 8.66. The number of carboxylic acids is 1. The summed E-state index contributed by atoms with van der Waals surface area (Å²) in [6.07, 6.45) is 0.116. The van der Waals surface area contributed by atoms with E-state index in [4.69, 9.17) is 0 Å². The molecule has 1 unspecified atom stereocenters. The van der Waals surface area contributed by atoms with Crippen LogP contribution in [-0.2, 0) is 33.9 Å². The third-order valence-electron chi connectivity index (χ3n) is 7.05. The summed E-state index contributed by atoms with van der Waals surface area (Å²) < 4.78 is -0.680. The molecule has 41 heavy (non-hydrogen) atoms. The Morgan fingerprint density at radius 1 is 0.902 bits per heavy atom. The quantitative estimate of drug-likeness (QED) is 0.232. The van der Waals surface area contributed by atoms with Gasteiger partial charge in [0, 0.05) is 30.9 Å². The van der Waals surface area contributed by atoms with Crippen molar-refractivity contribution >= 4 is 29.5 Å². The lowest BCUT2D eigenvalue weighted by atomic mass is 10.0. The number of nitrogens with one attached hydrogen (secondary N) is 3. The van der Waals surface area contributed by atoms with Gasteiger partial charge in [0.2, 0.25) is 11.8 Å². The summed E-state index contributed by atoms with van der Waals surface area (Å²) in [7, 11) is 0. The number of hydrogen-bond acceptors (Lipinski definition) is 6. The molecular weight excluding hydrogens is 536 g/mol. The molecule has 1 heterocycles. The van der Waals surface area contributed by atoms with E-state index in [0.29, 0.717) is 26.2 Å². The molecule has 1 saturated heterocycles. The molecule has 0 aliphatic carbocycles. The number of nitrogens with zero attached hydrogens (tertiary/aromatic N) is 1. The van der Waals surface area contributed by atoms with Crippen LogP contribution in [0.1, 0.15) is 30.5 Å². The summed E-state index contributed by atoms with van der Waals surface area (Å²) in [6.45, 7) is 5.67. The van der Waals surface area contributed by atoms with E-state index in [2.05, 4.69) is 16.0 Å². The minimum absolute atomic E-state index is 0.116. The maximum Gasteiger partial charge on any atom is 0.322 e. The van der Waals surface area contributed by atoms with E-state index < -0.39 is 28.2 Å². The Morgan fingerprint density at radius 3 is 2.02 bits per heavy atom. The zero-order chi connectivity index (χ0) is 29.2. The van der Waals surface area contributed by atoms with Gasteiger partial charge in [-0.15, -0.1) is 11.8 Å². The molecule has 3 atom stereocenters. The van der Waals surface area contributed by atoms with Crippen LogP contribution in [0.25, 0.3) is 0 Å². The number of benzene rings is 3. The summed E-state index contributed by atoms with van der Waals surface area (Å²) >= 11 is 1.37. The van der Waals surface area contributed by atoms with E-state index in [1.165, 1.54) is 11.8 Å². The van der Waals surface area contributed by atoms with Crippen LogP contribution in [0.2, 0.25) is 0 Å². The fourth-order valence-electron chi connectivity index (χ4n) is 4.91. The van der Waals surface area contributed by atoms with E-state index in [1.54, 1.807) is 4.90 Å². The molecule has 216 valence electrons. The van der Waals surface area contributed by atoms with Gasteiger partial charge in [-0.1, -0.05) is 91.0 Å². The van der Waals surface area contributed by atoms with Crippen LogP contribution in [0.4, 0.5) is 0 Å². The molecule has 1 fully saturated rings. The molecule has 0 radical (unpaired) electrons. The number of thioether (sulfide) groups is 1. The normalized spacial score (nSPS) is 18.4. The van der Waals surface area contributed by atoms with Crippen molar-refractivity contribution in [3.8, 4) is 0 Å². The van der Waals surface area contributed by atoms with Gasteiger partial charge in [0.25, 0.3) is 0 Å². The number of amides is 2. The van der Waals surface area contributed by atoms with Crippen LogP contribution in [0.15, 0.2) is 91.0 Å². The Morgan fingerprint density at radius 2 is 1.46 bits per heavy atom. The lowest BCUT2D eigenvalue weighted by molar-refractivity contribution is -0.141. The molecule has 0 aromatic heterocycles. The van der Waals surface area contributed by atoms with E-state index in [9.17, 15) is 19.5 Å². The number of rotatable bonds is 13. The average molecular weight is 575 g/mol. The highest BCUT2D eigenvalue weighted by Gasteiger charge is 2.49. The first kappa shape index (κ1) is 30.3. The predicted octanol–water partition coefficient (Wildman–Crippen LogP) is 3.43. The molecule has 4 N–H and O–H groups in total. The Balaban J connectivity index is 1.54. The van der Waals surface area contributed by atoms with Gasteiger partial charge in [-0.05, 0) is 30.5 Å². The van der Waals surface area contributed by atoms with E-state index in [1.807, 2.05) is 105 Å². The lowest BCUT2D eigenvalue weighted by Crippen LogP contribution is -2.58. The van der Waals surface area contributed by atoms with Gasteiger partial charge in [-0.25, -0.2) is 0 Å². The second-order valence-electron chi connectivity index (χ2n) is 10.7. The van der Waals surface area contributed by atoms with Gasteiger partial charge in [-0.3, -0.25) is 19.7 Å². The average Bonchev–Trinajstić information content (AvgIpc) is 3.29. The monoisotopic (exact) mass is 574 g/mol. The van der Waals surface area contributed by atoms with E-state index in [-0.39, 0.29) is 18.2 Å². The molecule has 2 amide bonds. The van der Waals surface area contributed by atoms with Crippen LogP contribution < -0.4 is 16.0 Å². The summed E-state index contributed by atoms with van der Waals surface area (Å²) in [6, 6.07) is 27.3. The molecule has 1 aliphatic heterocycles. The standard InChI is InChI=1S/C32H38N4O4S/c1-32(2)28(31(39)40)35-29(41-32)27(34-26(37)20-23-12-6-3-7-13-23)30(38)36(22-25-16-10-5-11-17-25)19-18-33-21-24-14-8-4-9-15-24/h3-17,27-29,33,35H,18-22H2,1-2H3,(H,34,37)(H,39,40)/t27?,28-,29+/m0/s1. The van der Waals surface area contributed by atoms with Crippen molar-refractivity contribution in [2.24, 2.45) is 0 Å². The second kappa shape index (κ2) is 14.3. The van der Waals surface area contributed by atoms with Crippen molar-refractivity contribution < 1.29 is 19.5 Å². The Kier molecular flexibility index (Phi) is 10.6. The SMILES string of the molecule is CC1(C)S[C@H](C(NC(=O)Cc2ccccc2)C(=O)N(CCNCc2ccccc2)Cc2ccccc2)N[C@H]1C(=O)O. The first-order chi connectivity index (χ1) is 19.7. The topological polar surface area (TPSA) is 111 Å². The van der Waals surface area contributed by atoms with Crippen molar-refractivity contribution in [3.63, 3.8) is 0 Å². The highest BCUT2D eigenvalue weighted by molar-refractivity contribution is 8.01. The summed E-state index contributed by atoms with van der Waals surface area (Å²) in [5.74, 6) is -1.54. The summed E-state index contributed by atoms with van der Waals surface area (Å²) in [4.78, 5) is 41.2. The molecular formula is C32H38N4O4S. The molecule has 0 spiro atoms. The van der Waals surface area contributed by atoms with E-state index in [0.717, 1.165) is 16.7 Å². The van der Waals surface area contributed by atoms with Crippen LogP contribution in [-0.4, -0.2) is 63.1 Å². The molecule has 0 bridgehead atoms. The Hall–Kier alpha value is -3.66. The highest BCUT2D eigenvalue weighted by Crippen LogP contribution is 2.39. The van der Waals surface area contributed by atoms with Gasteiger partial charge in [-0.2, -0.15) is 0 Å². The predicted molar refractivity (Wildman–Crippen MR) is 162 cm³/mol. The molecule has 0 saturated carbocycles. The Bertz CT molecular complexity index is 1290. The summed E-state index contributed by atoms with van der Waals surface area (Å²) in [5, 5.41) is 18.7. The van der Waals surface area contributed by atoms with Gasteiger partial charge in [0.05, 0.1) is 11.8 Å². The second-order valence-corrected chi connectivity index (χ2v) is 12.5. The molecule has 9 heteroatoms. The highest BCUT2D eigenvalue weighted by atomic mass is 32.2. The third-order valence-corrected chi connectivity index (χ3v) is 8.56. The number of hydrogen-bond donors (Lipinski definition) is 4. The molecule has 8 nitrogen and oxygen atoms in total. The fourth-order valence-corrected chi connectivity index (χ4v) is 6.39. The molecule has 3 aromatic carbocycles. The number of carbonyl (C=O) groups excluding carboxylic acids is 2. The van der Waals surface area contributed by atoms with Crippen molar-refractivity contribution in [2.75, 3.05) is 13.1 Å². The van der Waals surface area contributed by atoms with Crippen LogP contribution in [0.3, 0.4) is 0 Å². The molecule has 1 aliphatic rings. The number of carbonyl (C=O) groups is 3. The number of aliphatic carboxylic acids is 1. The van der Waals surface area contributed by atoms with Crippen LogP contribution >= 0.6 is 11.8 Å². The van der Waals surface area contributed by atoms with Crippen LogP contribution in [0.5, 0.6) is 0 Å². The molecule has 3 aromatic rings. The maximum atomic E-state index is 14.3. The molecule has 4 rings (SSSR count). The zero-order valence-electron chi connectivity index (χ0n) is 23.5. The van der Waals surface area contributed by atoms with Crippen molar-refractivity contribution in [2.45, 2.75) is 55.6 Å². The number of carboxylic acid groups (broad SMARTS) is 1. The minimum Gasteiger partial charge on any atom is -0.480 e. The van der Waals surface area contributed by atoms with Gasteiger partial charge in [0.15, 0.2) is 0 Å². The van der Waals surface area contributed by atoms with Gasteiger partial charge >= 0.3 is 5.97 Å². The minimum atomic E-state index is -0.988.